The second-order valence-corrected chi connectivity index (χ2v) is 10.3. The van der Waals surface area contributed by atoms with Gasteiger partial charge in [0.15, 0.2) is 15.8 Å². The molecule has 0 fully saturated rings. The lowest BCUT2D eigenvalue weighted by atomic mass is 9.89. The van der Waals surface area contributed by atoms with Gasteiger partial charge in [-0.3, -0.25) is 4.99 Å². The lowest BCUT2D eigenvalue weighted by Crippen LogP contribution is -2.46. The lowest BCUT2D eigenvalue weighted by Gasteiger charge is -2.30. The Kier molecular flexibility index (Phi) is 11.0. The Morgan fingerprint density at radius 2 is 1.65 bits per heavy atom. The first-order valence-corrected chi connectivity index (χ1v) is 9.20. The fraction of sp³-hybridized carbons (Fsp3) is 0.933. The summed E-state index contributed by atoms with van der Waals surface area (Å²) in [5.74, 6) is 0.653. The highest BCUT2D eigenvalue weighted by atomic mass is 127. The molecule has 0 aromatic heterocycles. The third-order valence-electron chi connectivity index (χ3n) is 3.53. The molecule has 0 aliphatic heterocycles. The summed E-state index contributed by atoms with van der Waals surface area (Å²) < 4.78 is 28.8. The molecule has 0 aliphatic carbocycles. The van der Waals surface area contributed by atoms with Gasteiger partial charge in [-0.2, -0.15) is 0 Å². The number of nitrogens with one attached hydrogen (secondary N) is 2. The molecule has 0 aromatic rings. The van der Waals surface area contributed by atoms with Crippen LogP contribution < -0.4 is 10.6 Å². The van der Waals surface area contributed by atoms with Crippen molar-refractivity contribution < 1.29 is 13.2 Å². The average Bonchev–Trinajstić information content (AvgIpc) is 2.34. The smallest absolute Gasteiger partial charge is 0.191 e. The molecule has 6 nitrogen and oxygen atoms in total. The summed E-state index contributed by atoms with van der Waals surface area (Å²) in [5, 5.41) is 6.20. The molecule has 0 heterocycles. The average molecular weight is 463 g/mol. The maximum Gasteiger partial charge on any atom is 0.191 e. The van der Waals surface area contributed by atoms with Gasteiger partial charge < -0.3 is 15.4 Å². The molecule has 0 amide bonds. The van der Waals surface area contributed by atoms with E-state index >= 15 is 0 Å². The van der Waals surface area contributed by atoms with Crippen molar-refractivity contribution in [3.63, 3.8) is 0 Å². The molecule has 0 spiro atoms. The molecule has 140 valence electrons. The Balaban J connectivity index is 0. The summed E-state index contributed by atoms with van der Waals surface area (Å²) in [7, 11) is 0.213. The maximum atomic E-state index is 12.0. The first kappa shape index (κ1) is 25.2. The largest absolute Gasteiger partial charge is 0.379 e. The molecule has 2 N–H and O–H groups in total. The van der Waals surface area contributed by atoms with E-state index in [9.17, 15) is 8.42 Å². The Morgan fingerprint density at radius 3 is 2.00 bits per heavy atom. The first-order chi connectivity index (χ1) is 9.85. The molecule has 0 radical (unpaired) electrons. The zero-order valence-corrected chi connectivity index (χ0v) is 18.8. The van der Waals surface area contributed by atoms with Crippen molar-refractivity contribution in [2.45, 2.75) is 52.4 Å². The number of methoxy groups -OCH3 is 1. The highest BCUT2D eigenvalue weighted by Crippen LogP contribution is 2.20. The van der Waals surface area contributed by atoms with E-state index in [0.29, 0.717) is 19.0 Å². The normalized spacial score (nSPS) is 14.9. The van der Waals surface area contributed by atoms with Gasteiger partial charge >= 0.3 is 0 Å². The van der Waals surface area contributed by atoms with Gasteiger partial charge in [0, 0.05) is 27.2 Å². The van der Waals surface area contributed by atoms with Crippen LogP contribution in [0, 0.1) is 5.41 Å². The Morgan fingerprint density at radius 1 is 1.13 bits per heavy atom. The van der Waals surface area contributed by atoms with Crippen molar-refractivity contribution in [1.29, 1.82) is 0 Å². The summed E-state index contributed by atoms with van der Waals surface area (Å²) >= 11 is 0. The van der Waals surface area contributed by atoms with Crippen molar-refractivity contribution in [1.82, 2.24) is 10.6 Å². The second kappa shape index (κ2) is 10.0. The molecule has 23 heavy (non-hydrogen) atoms. The van der Waals surface area contributed by atoms with Crippen molar-refractivity contribution in [2.24, 2.45) is 10.4 Å². The summed E-state index contributed by atoms with van der Waals surface area (Å²) in [6.07, 6.45) is 0.0318. The standard InChI is InChI=1S/C15H33N3O3S.HI/c1-14(2,3)12(21-8)11-18-13(16-7)17-9-10-22(19,20)15(4,5)6;/h12H,9-11H2,1-8H3,(H2,16,17,18);1H. The number of ether oxygens (including phenoxy) is 1. The van der Waals surface area contributed by atoms with Crippen molar-refractivity contribution in [3.05, 3.63) is 0 Å². The lowest BCUT2D eigenvalue weighted by molar-refractivity contribution is 0.0205. The second-order valence-electron chi connectivity index (χ2n) is 7.40. The van der Waals surface area contributed by atoms with Crippen LogP contribution in [0.5, 0.6) is 0 Å². The van der Waals surface area contributed by atoms with Gasteiger partial charge in [-0.1, -0.05) is 20.8 Å². The SMILES string of the molecule is CN=C(NCCS(=O)(=O)C(C)(C)C)NCC(OC)C(C)(C)C.I. The minimum atomic E-state index is -3.13. The molecule has 1 atom stereocenters. The minimum Gasteiger partial charge on any atom is -0.379 e. The molecule has 8 heteroatoms. The van der Waals surface area contributed by atoms with Crippen molar-refractivity contribution >= 4 is 39.8 Å². The summed E-state index contributed by atoms with van der Waals surface area (Å²) in [6, 6.07) is 0. The van der Waals surface area contributed by atoms with Crippen molar-refractivity contribution in [3.8, 4) is 0 Å². The number of sulfone groups is 1. The van der Waals surface area contributed by atoms with E-state index in [1.54, 1.807) is 34.9 Å². The van der Waals surface area contributed by atoms with E-state index in [2.05, 4.69) is 36.4 Å². The van der Waals surface area contributed by atoms with Gasteiger partial charge in [-0.25, -0.2) is 8.42 Å². The first-order valence-electron chi connectivity index (χ1n) is 7.54. The topological polar surface area (TPSA) is 79.8 Å². The predicted octanol–water partition coefficient (Wildman–Crippen LogP) is 2.04. The van der Waals surface area contributed by atoms with Crippen LogP contribution in [0.2, 0.25) is 0 Å². The molecule has 0 saturated heterocycles. The Labute approximate surface area is 159 Å². The number of hydrogen-bond acceptors (Lipinski definition) is 4. The van der Waals surface area contributed by atoms with E-state index in [-0.39, 0.29) is 41.2 Å². The minimum absolute atomic E-state index is 0. The van der Waals surface area contributed by atoms with Crippen LogP contribution in [-0.2, 0) is 14.6 Å². The van der Waals surface area contributed by atoms with E-state index < -0.39 is 14.6 Å². The quantitative estimate of drug-likeness (QED) is 0.358. The highest BCUT2D eigenvalue weighted by Gasteiger charge is 2.28. The molecule has 0 aromatic carbocycles. The van der Waals surface area contributed by atoms with Crippen LogP contribution in [0.3, 0.4) is 0 Å². The molecule has 1 unspecified atom stereocenters. The fourth-order valence-electron chi connectivity index (χ4n) is 1.76. The van der Waals surface area contributed by atoms with E-state index in [0.717, 1.165) is 0 Å². The van der Waals surface area contributed by atoms with Gasteiger partial charge in [0.05, 0.1) is 16.6 Å². The monoisotopic (exact) mass is 463 g/mol. The van der Waals surface area contributed by atoms with Crippen LogP contribution in [0.15, 0.2) is 4.99 Å². The summed E-state index contributed by atoms with van der Waals surface area (Å²) in [6.45, 7) is 12.4. The molecular weight excluding hydrogens is 429 g/mol. The van der Waals surface area contributed by atoms with E-state index in [4.69, 9.17) is 4.74 Å². The van der Waals surface area contributed by atoms with Crippen LogP contribution >= 0.6 is 24.0 Å². The molecular formula is C15H34IN3O3S. The van der Waals surface area contributed by atoms with Gasteiger partial charge in [0.1, 0.15) is 0 Å². The van der Waals surface area contributed by atoms with E-state index in [1.165, 1.54) is 0 Å². The Hall–Kier alpha value is -0.0900. The van der Waals surface area contributed by atoms with Gasteiger partial charge in [0.2, 0.25) is 0 Å². The van der Waals surface area contributed by atoms with Gasteiger partial charge in [0.25, 0.3) is 0 Å². The number of rotatable bonds is 6. The third-order valence-corrected chi connectivity index (χ3v) is 6.13. The number of hydrogen-bond donors (Lipinski definition) is 2. The van der Waals surface area contributed by atoms with Crippen molar-refractivity contribution in [2.75, 3.05) is 33.0 Å². The van der Waals surface area contributed by atoms with Crippen LogP contribution in [0.25, 0.3) is 0 Å². The molecule has 0 rings (SSSR count). The zero-order chi connectivity index (χ0) is 17.6. The summed E-state index contributed by atoms with van der Waals surface area (Å²) in [5.41, 5.74) is 0.0101. The van der Waals surface area contributed by atoms with Gasteiger partial charge in [-0.15, -0.1) is 24.0 Å². The number of halogens is 1. The highest BCUT2D eigenvalue weighted by molar-refractivity contribution is 14.0. The van der Waals surface area contributed by atoms with Crippen LogP contribution in [0.4, 0.5) is 0 Å². The third kappa shape index (κ3) is 9.09. The maximum absolute atomic E-state index is 12.0. The van der Waals surface area contributed by atoms with E-state index in [1.807, 2.05) is 0 Å². The Bertz CT molecular complexity index is 465. The molecule has 0 bridgehead atoms. The number of guanidine groups is 1. The predicted molar refractivity (Wildman–Crippen MR) is 109 cm³/mol. The fourth-order valence-corrected chi connectivity index (χ4v) is 2.75. The van der Waals surface area contributed by atoms with Crippen LogP contribution in [0.1, 0.15) is 41.5 Å². The van der Waals surface area contributed by atoms with Crippen LogP contribution in [-0.4, -0.2) is 58.2 Å². The zero-order valence-electron chi connectivity index (χ0n) is 15.7. The molecule has 0 saturated carbocycles. The number of nitrogens with zero attached hydrogens (tertiary/aromatic N) is 1. The summed E-state index contributed by atoms with van der Waals surface area (Å²) in [4.78, 5) is 4.10. The molecule has 0 aliphatic rings. The number of aliphatic imine (C=N–C) groups is 1. The van der Waals surface area contributed by atoms with Gasteiger partial charge in [-0.05, 0) is 26.2 Å².